The Kier molecular flexibility index (Phi) is 4.75. The molecule has 5 nitrogen and oxygen atoms in total. The van der Waals surface area contributed by atoms with Crippen LogP contribution in [0.5, 0.6) is 0 Å². The first-order valence-electron chi connectivity index (χ1n) is 7.38. The van der Waals surface area contributed by atoms with E-state index in [4.69, 9.17) is 16.3 Å². The molecule has 0 saturated carbocycles. The summed E-state index contributed by atoms with van der Waals surface area (Å²) in [6, 6.07) is 7.74. The summed E-state index contributed by atoms with van der Waals surface area (Å²) in [5.74, 6) is 1.68. The van der Waals surface area contributed by atoms with Crippen molar-refractivity contribution in [3.8, 4) is 0 Å². The van der Waals surface area contributed by atoms with Crippen LogP contribution in [0.25, 0.3) is 0 Å². The minimum Gasteiger partial charge on any atom is -0.375 e. The SMILES string of the molecule is C[C@@H]1CN(c2cc(CNc3ncccc3Cl)ccn2)CCO1. The standard InChI is InChI=1S/C16H19ClN4O/c1-12-11-21(7-8-22-12)15-9-13(4-6-18-15)10-20-16-14(17)3-2-5-19-16/h2-6,9,12H,7-8,10-11H2,1H3,(H,19,20)/t12-/m1/s1. The maximum absolute atomic E-state index is 6.10. The van der Waals surface area contributed by atoms with Gasteiger partial charge < -0.3 is 15.0 Å². The Morgan fingerprint density at radius 3 is 3.09 bits per heavy atom. The molecule has 1 atom stereocenters. The maximum atomic E-state index is 6.10. The first-order valence-corrected chi connectivity index (χ1v) is 7.76. The first kappa shape index (κ1) is 15.1. The molecule has 0 unspecified atom stereocenters. The van der Waals surface area contributed by atoms with E-state index in [-0.39, 0.29) is 6.10 Å². The van der Waals surface area contributed by atoms with Crippen molar-refractivity contribution in [1.29, 1.82) is 0 Å². The molecule has 1 aliphatic heterocycles. The number of pyridine rings is 2. The summed E-state index contributed by atoms with van der Waals surface area (Å²) in [4.78, 5) is 11.0. The molecule has 22 heavy (non-hydrogen) atoms. The van der Waals surface area contributed by atoms with Crippen molar-refractivity contribution < 1.29 is 4.74 Å². The number of anilines is 2. The molecule has 0 spiro atoms. The van der Waals surface area contributed by atoms with E-state index in [1.807, 2.05) is 24.4 Å². The largest absolute Gasteiger partial charge is 0.375 e. The van der Waals surface area contributed by atoms with Crippen molar-refractivity contribution in [2.24, 2.45) is 0 Å². The van der Waals surface area contributed by atoms with E-state index in [2.05, 4.69) is 33.2 Å². The van der Waals surface area contributed by atoms with Crippen LogP contribution in [0.15, 0.2) is 36.7 Å². The predicted molar refractivity (Wildman–Crippen MR) is 88.4 cm³/mol. The summed E-state index contributed by atoms with van der Waals surface area (Å²) in [5, 5.41) is 3.88. The third kappa shape index (κ3) is 3.67. The number of rotatable bonds is 4. The summed E-state index contributed by atoms with van der Waals surface area (Å²) in [5.41, 5.74) is 1.14. The maximum Gasteiger partial charge on any atom is 0.145 e. The van der Waals surface area contributed by atoms with Gasteiger partial charge >= 0.3 is 0 Å². The highest BCUT2D eigenvalue weighted by molar-refractivity contribution is 6.32. The molecule has 0 aliphatic carbocycles. The van der Waals surface area contributed by atoms with Gasteiger partial charge in [-0.15, -0.1) is 0 Å². The number of nitrogens with one attached hydrogen (secondary N) is 1. The number of morpholine rings is 1. The summed E-state index contributed by atoms with van der Waals surface area (Å²) >= 11 is 6.10. The number of hydrogen-bond acceptors (Lipinski definition) is 5. The Morgan fingerprint density at radius 2 is 2.27 bits per heavy atom. The van der Waals surface area contributed by atoms with E-state index < -0.39 is 0 Å². The number of halogens is 1. The molecule has 0 radical (unpaired) electrons. The minimum atomic E-state index is 0.240. The second-order valence-corrected chi connectivity index (χ2v) is 5.74. The van der Waals surface area contributed by atoms with Crippen LogP contribution in [-0.4, -0.2) is 35.8 Å². The lowest BCUT2D eigenvalue weighted by molar-refractivity contribution is 0.0529. The zero-order chi connectivity index (χ0) is 15.4. The molecule has 3 rings (SSSR count). The highest BCUT2D eigenvalue weighted by atomic mass is 35.5. The van der Waals surface area contributed by atoms with Gasteiger partial charge in [0.2, 0.25) is 0 Å². The molecule has 6 heteroatoms. The van der Waals surface area contributed by atoms with Crippen LogP contribution in [0.2, 0.25) is 5.02 Å². The minimum absolute atomic E-state index is 0.240. The summed E-state index contributed by atoms with van der Waals surface area (Å²) in [7, 11) is 0. The van der Waals surface area contributed by atoms with Gasteiger partial charge in [-0.1, -0.05) is 11.6 Å². The molecule has 1 saturated heterocycles. The second kappa shape index (κ2) is 6.94. The molecule has 0 aromatic carbocycles. The zero-order valence-electron chi connectivity index (χ0n) is 12.5. The predicted octanol–water partition coefficient (Wildman–Crippen LogP) is 2.97. The first-order chi connectivity index (χ1) is 10.7. The fourth-order valence-corrected chi connectivity index (χ4v) is 2.66. The van der Waals surface area contributed by atoms with Crippen molar-refractivity contribution in [1.82, 2.24) is 9.97 Å². The molecule has 1 N–H and O–H groups in total. The molecule has 0 amide bonds. The second-order valence-electron chi connectivity index (χ2n) is 5.34. The monoisotopic (exact) mass is 318 g/mol. The lowest BCUT2D eigenvalue weighted by Crippen LogP contribution is -2.41. The average Bonchev–Trinajstić information content (AvgIpc) is 2.54. The van der Waals surface area contributed by atoms with Crippen molar-refractivity contribution in [3.63, 3.8) is 0 Å². The molecule has 2 aromatic rings. The van der Waals surface area contributed by atoms with Crippen LogP contribution >= 0.6 is 11.6 Å². The molecule has 3 heterocycles. The lowest BCUT2D eigenvalue weighted by atomic mass is 10.2. The smallest absolute Gasteiger partial charge is 0.145 e. The van der Waals surface area contributed by atoms with Crippen molar-refractivity contribution >= 4 is 23.2 Å². The van der Waals surface area contributed by atoms with Gasteiger partial charge in [0.15, 0.2) is 0 Å². The summed E-state index contributed by atoms with van der Waals surface area (Å²) < 4.78 is 5.57. The van der Waals surface area contributed by atoms with Crippen LogP contribution < -0.4 is 10.2 Å². The number of nitrogens with zero attached hydrogens (tertiary/aromatic N) is 3. The van der Waals surface area contributed by atoms with Crippen molar-refractivity contribution in [3.05, 3.63) is 47.2 Å². The molecule has 1 aliphatic rings. The van der Waals surface area contributed by atoms with Gasteiger partial charge in [-0.2, -0.15) is 0 Å². The van der Waals surface area contributed by atoms with E-state index in [9.17, 15) is 0 Å². The number of ether oxygens (including phenoxy) is 1. The van der Waals surface area contributed by atoms with Gasteiger partial charge in [0.1, 0.15) is 11.6 Å². The molecule has 2 aromatic heterocycles. The molecule has 1 fully saturated rings. The van der Waals surface area contributed by atoms with E-state index in [0.717, 1.165) is 31.1 Å². The van der Waals surface area contributed by atoms with Gasteiger partial charge in [-0.05, 0) is 36.8 Å². The Balaban J connectivity index is 1.67. The van der Waals surface area contributed by atoms with Crippen LogP contribution in [-0.2, 0) is 11.3 Å². The van der Waals surface area contributed by atoms with Gasteiger partial charge in [0, 0.05) is 32.0 Å². The molecular weight excluding hydrogens is 300 g/mol. The lowest BCUT2D eigenvalue weighted by Gasteiger charge is -2.32. The summed E-state index contributed by atoms with van der Waals surface area (Å²) in [6.07, 6.45) is 3.80. The van der Waals surface area contributed by atoms with Crippen LogP contribution in [0.3, 0.4) is 0 Å². The van der Waals surface area contributed by atoms with E-state index in [1.54, 1.807) is 6.20 Å². The van der Waals surface area contributed by atoms with Crippen LogP contribution in [0.1, 0.15) is 12.5 Å². The van der Waals surface area contributed by atoms with Gasteiger partial charge in [-0.3, -0.25) is 0 Å². The topological polar surface area (TPSA) is 50.3 Å². The van der Waals surface area contributed by atoms with E-state index in [0.29, 0.717) is 17.4 Å². The molecular formula is C16H19ClN4O. The highest BCUT2D eigenvalue weighted by Gasteiger charge is 2.17. The Hall–Kier alpha value is -1.85. The number of aromatic nitrogens is 2. The van der Waals surface area contributed by atoms with Gasteiger partial charge in [-0.25, -0.2) is 9.97 Å². The van der Waals surface area contributed by atoms with Crippen molar-refractivity contribution in [2.75, 3.05) is 29.9 Å². The van der Waals surface area contributed by atoms with Gasteiger partial charge in [0.25, 0.3) is 0 Å². The molecule has 116 valence electrons. The zero-order valence-corrected chi connectivity index (χ0v) is 13.3. The fraction of sp³-hybridized carbons (Fsp3) is 0.375. The fourth-order valence-electron chi connectivity index (χ4n) is 2.47. The quantitative estimate of drug-likeness (QED) is 0.939. The van der Waals surface area contributed by atoms with E-state index in [1.165, 1.54) is 0 Å². The van der Waals surface area contributed by atoms with E-state index >= 15 is 0 Å². The Morgan fingerprint density at radius 1 is 1.36 bits per heavy atom. The van der Waals surface area contributed by atoms with Gasteiger partial charge in [0.05, 0.1) is 17.7 Å². The highest BCUT2D eigenvalue weighted by Crippen LogP contribution is 2.20. The third-order valence-corrected chi connectivity index (χ3v) is 3.90. The normalized spacial score (nSPS) is 18.3. The Bertz CT molecular complexity index is 637. The molecule has 0 bridgehead atoms. The number of hydrogen-bond donors (Lipinski definition) is 1. The van der Waals surface area contributed by atoms with Crippen molar-refractivity contribution in [2.45, 2.75) is 19.6 Å². The third-order valence-electron chi connectivity index (χ3n) is 3.59. The van der Waals surface area contributed by atoms with Crippen LogP contribution in [0.4, 0.5) is 11.6 Å². The average molecular weight is 319 g/mol. The Labute approximate surface area is 135 Å². The summed E-state index contributed by atoms with van der Waals surface area (Å²) in [6.45, 7) is 5.23. The van der Waals surface area contributed by atoms with Crippen LogP contribution in [0, 0.1) is 0 Å².